The van der Waals surface area contributed by atoms with Crippen LogP contribution in [0.25, 0.3) is 21.1 Å². The molecule has 1 atom stereocenters. The number of hydrogen-bond donors (Lipinski definition) is 1. The van der Waals surface area contributed by atoms with E-state index in [0.717, 1.165) is 39.3 Å². The molecule has 0 spiro atoms. The molecule has 6 rings (SSSR count). The molecule has 1 aliphatic carbocycles. The van der Waals surface area contributed by atoms with E-state index in [9.17, 15) is 18.0 Å². The zero-order valence-corrected chi connectivity index (χ0v) is 33.8. The Bertz CT molecular complexity index is 2220. The number of benzene rings is 3. The van der Waals surface area contributed by atoms with Gasteiger partial charge in [0.05, 0.1) is 70.7 Å². The van der Waals surface area contributed by atoms with Crippen molar-refractivity contribution in [2.75, 3.05) is 51.6 Å². The van der Waals surface area contributed by atoms with Gasteiger partial charge in [-0.1, -0.05) is 12.1 Å². The number of ketones is 2. The van der Waals surface area contributed by atoms with Gasteiger partial charge in [-0.05, 0) is 88.1 Å². The Labute approximate surface area is 330 Å². The van der Waals surface area contributed by atoms with Crippen molar-refractivity contribution in [3.63, 3.8) is 0 Å². The summed E-state index contributed by atoms with van der Waals surface area (Å²) >= 11 is 3.13. The molecule has 55 heavy (non-hydrogen) atoms. The third-order valence-electron chi connectivity index (χ3n) is 9.09. The van der Waals surface area contributed by atoms with Gasteiger partial charge in [-0.25, -0.2) is 13.4 Å². The third-order valence-corrected chi connectivity index (χ3v) is 13.7. The summed E-state index contributed by atoms with van der Waals surface area (Å²) in [6.45, 7) is 7.68. The van der Waals surface area contributed by atoms with E-state index in [-0.39, 0.29) is 47.1 Å². The van der Waals surface area contributed by atoms with Crippen LogP contribution >= 0.6 is 23.1 Å². The molecule has 0 saturated heterocycles. The predicted molar refractivity (Wildman–Crippen MR) is 218 cm³/mol. The predicted octanol–water partition coefficient (Wildman–Crippen LogP) is 8.00. The second-order valence-corrected chi connectivity index (χ2v) is 19.0. The number of aryl methyl sites for hydroxylation is 1. The molecule has 292 valence electrons. The molecule has 0 aliphatic heterocycles. The normalized spacial score (nSPS) is 15.2. The number of thiazole rings is 1. The van der Waals surface area contributed by atoms with Gasteiger partial charge in [0.25, 0.3) is 0 Å². The average molecular weight is 806 g/mol. The van der Waals surface area contributed by atoms with Crippen LogP contribution in [0, 0.1) is 0 Å². The number of carbonyl (C=O) groups excluding carboxylic acids is 2. The largest absolute Gasteiger partial charge is 0.490 e. The molecule has 1 N–H and O–H groups in total. The van der Waals surface area contributed by atoms with Crippen LogP contribution in [0.15, 0.2) is 82.2 Å². The van der Waals surface area contributed by atoms with E-state index in [0.29, 0.717) is 56.8 Å². The number of Topliss-reactive ketones (excluding diaryl/α,β-unsaturated/α-hetero) is 2. The van der Waals surface area contributed by atoms with Gasteiger partial charge in [0.1, 0.15) is 23.0 Å². The summed E-state index contributed by atoms with van der Waals surface area (Å²) in [5.41, 5.74) is 6.03. The van der Waals surface area contributed by atoms with E-state index in [1.807, 2.05) is 36.4 Å². The second-order valence-electron chi connectivity index (χ2n) is 14.2. The van der Waals surface area contributed by atoms with Crippen LogP contribution in [0.5, 0.6) is 5.75 Å². The number of carbonyl (C=O) groups is 2. The van der Waals surface area contributed by atoms with Crippen LogP contribution < -0.4 is 10.1 Å². The molecule has 0 amide bonds. The Hall–Kier alpha value is -3.92. The van der Waals surface area contributed by atoms with E-state index in [1.54, 1.807) is 67.7 Å². The summed E-state index contributed by atoms with van der Waals surface area (Å²) in [5, 5.41) is 3.94. The number of pyridine rings is 1. The maximum absolute atomic E-state index is 13.8. The van der Waals surface area contributed by atoms with Crippen molar-refractivity contribution in [1.29, 1.82) is 0 Å². The summed E-state index contributed by atoms with van der Waals surface area (Å²) < 4.78 is 50.7. The van der Waals surface area contributed by atoms with Crippen molar-refractivity contribution >= 4 is 77.0 Å². The number of aromatic nitrogens is 2. The van der Waals surface area contributed by atoms with Crippen LogP contribution in [0.2, 0.25) is 0 Å². The average Bonchev–Trinajstić information content (AvgIpc) is 3.62. The molecule has 1 aliphatic rings. The minimum Gasteiger partial charge on any atom is -0.490 e. The highest BCUT2D eigenvalue weighted by Crippen LogP contribution is 2.38. The standard InChI is InChI=1S/C41H47N3O8S3/c1-41(2,3)55(47,48)40-25-32-33(44-29-9-11-38-35(23-29)43-27-53-38)13-14-42-34(32)26-37(40)52-21-20-51-19-18-50-17-16-49-15-5-7-28-6-4-8-31(22-28)54-39-12-10-30(45)24-36(39)46/h4,6,8-9,11,13-14,22-23,25-27,39H,5,7,10,12,15-21,24H2,1-3H3,(H,42,44). The lowest BCUT2D eigenvalue weighted by molar-refractivity contribution is -0.129. The molecular formula is C41H47N3O8S3. The van der Waals surface area contributed by atoms with Crippen LogP contribution in [-0.2, 0) is 40.1 Å². The lowest BCUT2D eigenvalue weighted by Crippen LogP contribution is -2.28. The molecule has 0 radical (unpaired) electrons. The molecule has 2 aromatic heterocycles. The van der Waals surface area contributed by atoms with Gasteiger partial charge in [0, 0.05) is 46.9 Å². The smallest absolute Gasteiger partial charge is 0.186 e. The van der Waals surface area contributed by atoms with Crippen molar-refractivity contribution in [2.45, 2.75) is 72.7 Å². The fourth-order valence-electron chi connectivity index (χ4n) is 6.05. The van der Waals surface area contributed by atoms with Gasteiger partial charge in [-0.3, -0.25) is 14.6 Å². The summed E-state index contributed by atoms with van der Waals surface area (Å²) in [6, 6.07) is 19.3. The van der Waals surface area contributed by atoms with Crippen LogP contribution in [0.4, 0.5) is 11.4 Å². The minimum atomic E-state index is -3.78. The highest BCUT2D eigenvalue weighted by atomic mass is 32.2. The SMILES string of the molecule is CC(C)(C)S(=O)(=O)c1cc2c(Nc3ccc4scnc4c3)ccnc2cc1OCCOCCOCCOCCCc1cccc(SC2CCC(=O)CC2=O)c1. The van der Waals surface area contributed by atoms with Gasteiger partial charge < -0.3 is 24.3 Å². The lowest BCUT2D eigenvalue weighted by atomic mass is 9.98. The number of thioether (sulfide) groups is 1. The minimum absolute atomic E-state index is 0.0351. The number of nitrogens with zero attached hydrogens (tertiary/aromatic N) is 2. The van der Waals surface area contributed by atoms with E-state index < -0.39 is 14.6 Å². The molecule has 1 saturated carbocycles. The van der Waals surface area contributed by atoms with E-state index in [2.05, 4.69) is 27.4 Å². The summed E-state index contributed by atoms with van der Waals surface area (Å²) in [6.07, 6.45) is 4.58. The highest BCUT2D eigenvalue weighted by Gasteiger charge is 2.34. The first-order chi connectivity index (χ1) is 26.5. The van der Waals surface area contributed by atoms with Gasteiger partial charge in [-0.2, -0.15) is 0 Å². The summed E-state index contributed by atoms with van der Waals surface area (Å²) in [4.78, 5) is 33.8. The maximum Gasteiger partial charge on any atom is 0.186 e. The Balaban J connectivity index is 0.909. The number of hydrogen-bond acceptors (Lipinski definition) is 13. The van der Waals surface area contributed by atoms with Gasteiger partial charge in [0.15, 0.2) is 15.6 Å². The Morgan fingerprint density at radius 1 is 0.873 bits per heavy atom. The van der Waals surface area contributed by atoms with Crippen LogP contribution in [0.3, 0.4) is 0 Å². The topological polar surface area (TPSA) is 143 Å². The van der Waals surface area contributed by atoms with Crippen molar-refractivity contribution in [1.82, 2.24) is 9.97 Å². The Morgan fingerprint density at radius 2 is 1.64 bits per heavy atom. The maximum atomic E-state index is 13.8. The number of sulfone groups is 1. The van der Waals surface area contributed by atoms with Gasteiger partial charge >= 0.3 is 0 Å². The Kier molecular flexibility index (Phi) is 13.9. The number of nitrogens with one attached hydrogen (secondary N) is 1. The second kappa shape index (κ2) is 18.8. The molecule has 1 fully saturated rings. The Morgan fingerprint density at radius 3 is 2.40 bits per heavy atom. The van der Waals surface area contributed by atoms with E-state index >= 15 is 0 Å². The molecule has 14 heteroatoms. The third kappa shape index (κ3) is 10.9. The van der Waals surface area contributed by atoms with E-state index in [1.165, 1.54) is 5.56 Å². The van der Waals surface area contributed by atoms with Gasteiger partial charge in [0.2, 0.25) is 0 Å². The molecule has 0 bridgehead atoms. The first-order valence-corrected chi connectivity index (χ1v) is 21.7. The van der Waals surface area contributed by atoms with Crippen LogP contribution in [0.1, 0.15) is 52.0 Å². The molecule has 1 unspecified atom stereocenters. The quantitative estimate of drug-likeness (QED) is 0.0638. The van der Waals surface area contributed by atoms with E-state index in [4.69, 9.17) is 18.9 Å². The van der Waals surface area contributed by atoms with Crippen molar-refractivity contribution in [3.05, 3.63) is 77.9 Å². The zero-order chi connectivity index (χ0) is 38.8. The molecule has 5 aromatic rings. The molecule has 3 aromatic carbocycles. The summed E-state index contributed by atoms with van der Waals surface area (Å²) in [5.74, 6) is 0.312. The van der Waals surface area contributed by atoms with Crippen molar-refractivity contribution < 1.29 is 37.0 Å². The fraction of sp³-hybridized carbons (Fsp3) is 0.415. The number of fused-ring (bicyclic) bond motifs is 2. The lowest BCUT2D eigenvalue weighted by Gasteiger charge is -2.22. The summed E-state index contributed by atoms with van der Waals surface area (Å²) in [7, 11) is -3.78. The van der Waals surface area contributed by atoms with Crippen molar-refractivity contribution in [2.24, 2.45) is 0 Å². The molecule has 11 nitrogen and oxygen atoms in total. The zero-order valence-electron chi connectivity index (χ0n) is 31.4. The monoisotopic (exact) mass is 805 g/mol. The van der Waals surface area contributed by atoms with Gasteiger partial charge in [-0.15, -0.1) is 23.1 Å². The van der Waals surface area contributed by atoms with Crippen LogP contribution in [-0.4, -0.2) is 86.2 Å². The number of anilines is 2. The van der Waals surface area contributed by atoms with Crippen molar-refractivity contribution in [3.8, 4) is 5.75 Å². The first kappa shape index (κ1) is 40.7. The highest BCUT2D eigenvalue weighted by molar-refractivity contribution is 8.00. The molecular weight excluding hydrogens is 759 g/mol. The first-order valence-electron chi connectivity index (χ1n) is 18.4. The fourth-order valence-corrected chi connectivity index (χ4v) is 9.18. The number of ether oxygens (including phenoxy) is 4. The molecule has 2 heterocycles. The number of rotatable bonds is 19.